The first-order chi connectivity index (χ1) is 14.8. The number of allylic oxidation sites excluding steroid dienone is 2. The minimum atomic E-state index is -0.388. The van der Waals surface area contributed by atoms with Gasteiger partial charge in [-0.25, -0.2) is 0 Å². The van der Waals surface area contributed by atoms with E-state index in [1.54, 1.807) is 13.2 Å². The third-order valence-electron chi connectivity index (χ3n) is 6.20. The molecule has 0 unspecified atom stereocenters. The average Bonchev–Trinajstić information content (AvgIpc) is 3.09. The Morgan fingerprint density at radius 3 is 2.81 bits per heavy atom. The molecule has 3 aliphatic rings. The Labute approximate surface area is 182 Å². The van der Waals surface area contributed by atoms with Crippen LogP contribution in [0.25, 0.3) is 6.08 Å². The van der Waals surface area contributed by atoms with Gasteiger partial charge in [-0.15, -0.1) is 0 Å². The third-order valence-corrected chi connectivity index (χ3v) is 6.20. The summed E-state index contributed by atoms with van der Waals surface area (Å²) in [5.74, 6) is 3.25. The standard InChI is InChI=1S/C26H28O5/c1-14(2)6-7-16-19(27)9-8-15-18-13-29-21-12-20-17(10-11-26(3,4)31-20)24(28-5)22(21)25(18)30-23(15)16/h6,8-12,18,25,27H,7,13H2,1-5H3/t18-,25-/m1/s1. The smallest absolute Gasteiger partial charge is 0.141 e. The van der Waals surface area contributed by atoms with E-state index in [4.69, 9.17) is 18.9 Å². The van der Waals surface area contributed by atoms with Gasteiger partial charge in [-0.05, 0) is 52.3 Å². The van der Waals surface area contributed by atoms with Crippen molar-refractivity contribution in [3.8, 4) is 28.7 Å². The van der Waals surface area contributed by atoms with Gasteiger partial charge in [0, 0.05) is 17.2 Å². The van der Waals surface area contributed by atoms with Crippen molar-refractivity contribution in [3.63, 3.8) is 0 Å². The SMILES string of the molecule is COc1c2c(cc3c1[C@@H]1Oc4c(ccc(O)c4CC=C(C)C)[C@H]1CO3)OC(C)(C)C=C2. The molecule has 1 N–H and O–H groups in total. The van der Waals surface area contributed by atoms with E-state index in [9.17, 15) is 5.11 Å². The van der Waals surface area contributed by atoms with Crippen LogP contribution in [0.5, 0.6) is 28.7 Å². The number of hydrogen-bond donors (Lipinski definition) is 1. The molecule has 31 heavy (non-hydrogen) atoms. The topological polar surface area (TPSA) is 57.2 Å². The van der Waals surface area contributed by atoms with Crippen LogP contribution < -0.4 is 18.9 Å². The highest BCUT2D eigenvalue weighted by Crippen LogP contribution is 2.58. The van der Waals surface area contributed by atoms with Crippen molar-refractivity contribution in [1.82, 2.24) is 0 Å². The van der Waals surface area contributed by atoms with Gasteiger partial charge < -0.3 is 24.1 Å². The molecule has 0 aliphatic carbocycles. The second-order valence-electron chi connectivity index (χ2n) is 9.20. The van der Waals surface area contributed by atoms with Gasteiger partial charge in [0.2, 0.25) is 0 Å². The Morgan fingerprint density at radius 1 is 1.26 bits per heavy atom. The van der Waals surface area contributed by atoms with Gasteiger partial charge in [-0.1, -0.05) is 17.7 Å². The van der Waals surface area contributed by atoms with E-state index in [1.165, 1.54) is 5.57 Å². The monoisotopic (exact) mass is 420 g/mol. The molecule has 0 bridgehead atoms. The van der Waals surface area contributed by atoms with Crippen molar-refractivity contribution >= 4 is 6.08 Å². The number of fused-ring (bicyclic) bond motifs is 6. The molecule has 0 amide bonds. The third kappa shape index (κ3) is 3.14. The lowest BCUT2D eigenvalue weighted by Gasteiger charge is -2.34. The van der Waals surface area contributed by atoms with Crippen LogP contribution in [0.2, 0.25) is 0 Å². The molecule has 0 saturated carbocycles. The number of benzene rings is 2. The van der Waals surface area contributed by atoms with Crippen LogP contribution in [-0.4, -0.2) is 24.4 Å². The number of rotatable bonds is 3. The zero-order valence-corrected chi connectivity index (χ0v) is 18.6. The van der Waals surface area contributed by atoms with Gasteiger partial charge in [0.15, 0.2) is 0 Å². The molecule has 3 heterocycles. The first-order valence-electron chi connectivity index (χ1n) is 10.7. The lowest BCUT2D eigenvalue weighted by Crippen LogP contribution is -2.29. The molecule has 3 aliphatic heterocycles. The van der Waals surface area contributed by atoms with Crippen LogP contribution in [0.3, 0.4) is 0 Å². The fourth-order valence-corrected chi connectivity index (χ4v) is 4.66. The maximum atomic E-state index is 10.5. The molecule has 0 saturated heterocycles. The predicted octanol–water partition coefficient (Wildman–Crippen LogP) is 5.70. The van der Waals surface area contributed by atoms with Crippen molar-refractivity contribution in [2.45, 2.75) is 51.7 Å². The summed E-state index contributed by atoms with van der Waals surface area (Å²) in [5.41, 5.74) is 4.49. The molecule has 2 atom stereocenters. The van der Waals surface area contributed by atoms with Crippen LogP contribution in [0, 0.1) is 0 Å². The number of ether oxygens (including phenoxy) is 4. The molecular weight excluding hydrogens is 392 g/mol. The Morgan fingerprint density at radius 2 is 2.06 bits per heavy atom. The van der Waals surface area contributed by atoms with Crippen LogP contribution in [0.4, 0.5) is 0 Å². The molecule has 2 aromatic rings. The second-order valence-corrected chi connectivity index (χ2v) is 9.20. The average molecular weight is 421 g/mol. The summed E-state index contributed by atoms with van der Waals surface area (Å²) < 4.78 is 24.8. The number of methoxy groups -OCH3 is 1. The van der Waals surface area contributed by atoms with Crippen molar-refractivity contribution in [2.24, 2.45) is 0 Å². The number of hydrogen-bond acceptors (Lipinski definition) is 5. The van der Waals surface area contributed by atoms with E-state index in [-0.39, 0.29) is 23.4 Å². The quantitative estimate of drug-likeness (QED) is 0.645. The molecule has 2 aromatic carbocycles. The second kappa shape index (κ2) is 6.98. The summed E-state index contributed by atoms with van der Waals surface area (Å²) in [6, 6.07) is 5.66. The van der Waals surface area contributed by atoms with E-state index >= 15 is 0 Å². The maximum Gasteiger partial charge on any atom is 0.141 e. The Kier molecular flexibility index (Phi) is 4.47. The zero-order chi connectivity index (χ0) is 21.9. The summed E-state index contributed by atoms with van der Waals surface area (Å²) in [6.45, 7) is 8.64. The molecule has 5 nitrogen and oxygen atoms in total. The van der Waals surface area contributed by atoms with E-state index in [1.807, 2.05) is 32.1 Å². The first-order valence-corrected chi connectivity index (χ1v) is 10.7. The van der Waals surface area contributed by atoms with Gasteiger partial charge in [0.05, 0.1) is 30.8 Å². The van der Waals surface area contributed by atoms with E-state index in [0.29, 0.717) is 13.0 Å². The summed E-state index contributed by atoms with van der Waals surface area (Å²) in [4.78, 5) is 0. The number of phenolic OH excluding ortho intramolecular Hbond substituents is 1. The summed E-state index contributed by atoms with van der Waals surface area (Å²) >= 11 is 0. The molecule has 5 heteroatoms. The fourth-order valence-electron chi connectivity index (χ4n) is 4.66. The molecule has 5 rings (SSSR count). The zero-order valence-electron chi connectivity index (χ0n) is 18.6. The van der Waals surface area contributed by atoms with Gasteiger partial charge in [0.25, 0.3) is 0 Å². The van der Waals surface area contributed by atoms with Gasteiger partial charge in [-0.2, -0.15) is 0 Å². The van der Waals surface area contributed by atoms with Crippen molar-refractivity contribution in [3.05, 3.63) is 58.2 Å². The van der Waals surface area contributed by atoms with Crippen molar-refractivity contribution < 1.29 is 24.1 Å². The molecule has 0 aromatic heterocycles. The van der Waals surface area contributed by atoms with Crippen LogP contribution in [0.15, 0.2) is 35.9 Å². The van der Waals surface area contributed by atoms with Gasteiger partial charge in [0.1, 0.15) is 40.5 Å². The molecule has 0 radical (unpaired) electrons. The number of aromatic hydroxyl groups is 1. The van der Waals surface area contributed by atoms with Crippen LogP contribution >= 0.6 is 0 Å². The highest BCUT2D eigenvalue weighted by Gasteiger charge is 2.45. The van der Waals surface area contributed by atoms with Crippen molar-refractivity contribution in [1.29, 1.82) is 0 Å². The summed E-state index contributed by atoms with van der Waals surface area (Å²) in [6.07, 6.45) is 6.57. The molecular formula is C26H28O5. The highest BCUT2D eigenvalue weighted by atomic mass is 16.5. The Bertz CT molecular complexity index is 1120. The molecule has 162 valence electrons. The van der Waals surface area contributed by atoms with E-state index in [2.05, 4.69) is 26.0 Å². The molecule has 0 fully saturated rings. The lowest BCUT2D eigenvalue weighted by molar-refractivity contribution is 0.130. The Hall–Kier alpha value is -3.08. The Balaban J connectivity index is 1.62. The first kappa shape index (κ1) is 19.9. The highest BCUT2D eigenvalue weighted by molar-refractivity contribution is 5.73. The lowest BCUT2D eigenvalue weighted by atomic mass is 9.86. The predicted molar refractivity (Wildman–Crippen MR) is 120 cm³/mol. The largest absolute Gasteiger partial charge is 0.508 e. The summed E-state index contributed by atoms with van der Waals surface area (Å²) in [5, 5.41) is 10.5. The van der Waals surface area contributed by atoms with Gasteiger partial charge in [-0.3, -0.25) is 0 Å². The van der Waals surface area contributed by atoms with Crippen LogP contribution in [-0.2, 0) is 6.42 Å². The molecule has 0 spiro atoms. The van der Waals surface area contributed by atoms with Crippen LogP contribution in [0.1, 0.15) is 62.0 Å². The van der Waals surface area contributed by atoms with Crippen molar-refractivity contribution in [2.75, 3.05) is 13.7 Å². The fraction of sp³-hybridized carbons (Fsp3) is 0.385. The maximum absolute atomic E-state index is 10.5. The number of phenols is 1. The minimum absolute atomic E-state index is 0.0328. The van der Waals surface area contributed by atoms with E-state index < -0.39 is 0 Å². The van der Waals surface area contributed by atoms with E-state index in [0.717, 1.165) is 45.3 Å². The normalized spacial score (nSPS) is 21.5. The van der Waals surface area contributed by atoms with Gasteiger partial charge >= 0.3 is 0 Å². The minimum Gasteiger partial charge on any atom is -0.508 e. The summed E-state index contributed by atoms with van der Waals surface area (Å²) in [7, 11) is 1.67.